The summed E-state index contributed by atoms with van der Waals surface area (Å²) in [5, 5.41) is 8.15. The molecule has 1 amide bonds. The zero-order valence-corrected chi connectivity index (χ0v) is 10.7. The molecule has 0 radical (unpaired) electrons. The maximum Gasteiger partial charge on any atom is 0.252 e. The van der Waals surface area contributed by atoms with Gasteiger partial charge in [0.1, 0.15) is 0 Å². The van der Waals surface area contributed by atoms with Crippen molar-refractivity contribution in [1.82, 2.24) is 10.6 Å². The highest BCUT2D eigenvalue weighted by atomic mass is 79.9. The Kier molecular flexibility index (Phi) is 3.77. The summed E-state index contributed by atoms with van der Waals surface area (Å²) in [5.74, 6) is 0.0191. The van der Waals surface area contributed by atoms with Crippen molar-refractivity contribution in [3.8, 4) is 0 Å². The van der Waals surface area contributed by atoms with E-state index in [1.165, 1.54) is 17.8 Å². The zero-order valence-electron chi connectivity index (χ0n) is 8.25. The second kappa shape index (κ2) is 5.09. The van der Waals surface area contributed by atoms with Crippen LogP contribution in [0.15, 0.2) is 15.2 Å². The first-order chi connectivity index (χ1) is 7.25. The minimum atomic E-state index is 0.0191. The minimum absolute atomic E-state index is 0.0191. The van der Waals surface area contributed by atoms with Gasteiger partial charge in [0.15, 0.2) is 0 Å². The van der Waals surface area contributed by atoms with Gasteiger partial charge in [0.05, 0.1) is 9.35 Å². The smallest absolute Gasteiger partial charge is 0.252 e. The first kappa shape index (κ1) is 11.1. The van der Waals surface area contributed by atoms with Crippen LogP contribution in [0.3, 0.4) is 0 Å². The van der Waals surface area contributed by atoms with Crippen LogP contribution in [0.4, 0.5) is 0 Å². The molecule has 1 aromatic heterocycles. The van der Waals surface area contributed by atoms with E-state index in [9.17, 15) is 4.79 Å². The summed E-state index contributed by atoms with van der Waals surface area (Å²) < 4.78 is 0.992. The van der Waals surface area contributed by atoms with Gasteiger partial charge in [-0.3, -0.25) is 4.79 Å². The van der Waals surface area contributed by atoms with E-state index in [0.717, 1.165) is 28.9 Å². The highest BCUT2D eigenvalue weighted by Crippen LogP contribution is 2.20. The molecule has 5 heteroatoms. The number of halogens is 1. The number of carbonyl (C=O) groups excluding carboxylic acids is 1. The number of nitrogens with one attached hydrogen (secondary N) is 2. The molecule has 0 saturated carbocycles. The fourth-order valence-electron chi connectivity index (χ4n) is 1.68. The molecule has 0 spiro atoms. The SMILES string of the molecule is O=C(NCC1CCCN1)c1csc(Br)c1. The summed E-state index contributed by atoms with van der Waals surface area (Å²) in [7, 11) is 0. The Labute approximate surface area is 101 Å². The molecule has 1 aliphatic rings. The summed E-state index contributed by atoms with van der Waals surface area (Å²) in [6, 6.07) is 2.30. The summed E-state index contributed by atoms with van der Waals surface area (Å²) in [4.78, 5) is 11.7. The van der Waals surface area contributed by atoms with Gasteiger partial charge in [-0.25, -0.2) is 0 Å². The zero-order chi connectivity index (χ0) is 10.7. The van der Waals surface area contributed by atoms with Crippen LogP contribution in [0.5, 0.6) is 0 Å². The Balaban J connectivity index is 1.81. The fourth-order valence-corrected chi connectivity index (χ4v) is 2.81. The van der Waals surface area contributed by atoms with E-state index in [0.29, 0.717) is 6.04 Å². The van der Waals surface area contributed by atoms with Gasteiger partial charge in [-0.2, -0.15) is 0 Å². The third-order valence-corrected chi connectivity index (χ3v) is 4.01. The van der Waals surface area contributed by atoms with Crippen molar-refractivity contribution < 1.29 is 4.79 Å². The molecular weight excluding hydrogens is 276 g/mol. The van der Waals surface area contributed by atoms with Crippen molar-refractivity contribution in [3.63, 3.8) is 0 Å². The molecule has 1 atom stereocenters. The van der Waals surface area contributed by atoms with Gasteiger partial charge in [0.2, 0.25) is 0 Å². The van der Waals surface area contributed by atoms with Crippen LogP contribution in [0.2, 0.25) is 0 Å². The Morgan fingerprint density at radius 1 is 1.73 bits per heavy atom. The summed E-state index contributed by atoms with van der Waals surface area (Å²) in [6.07, 6.45) is 2.37. The van der Waals surface area contributed by atoms with Crippen LogP contribution in [0.25, 0.3) is 0 Å². The van der Waals surface area contributed by atoms with Crippen LogP contribution < -0.4 is 10.6 Å². The van der Waals surface area contributed by atoms with Crippen LogP contribution >= 0.6 is 27.3 Å². The molecule has 15 heavy (non-hydrogen) atoms. The molecule has 82 valence electrons. The third kappa shape index (κ3) is 3.03. The van der Waals surface area contributed by atoms with Gasteiger partial charge >= 0.3 is 0 Å². The van der Waals surface area contributed by atoms with Crippen LogP contribution in [0.1, 0.15) is 23.2 Å². The molecule has 0 bridgehead atoms. The maximum absolute atomic E-state index is 11.7. The Morgan fingerprint density at radius 2 is 2.60 bits per heavy atom. The minimum Gasteiger partial charge on any atom is -0.350 e. The van der Waals surface area contributed by atoms with Crippen LogP contribution in [-0.2, 0) is 0 Å². The van der Waals surface area contributed by atoms with Gasteiger partial charge in [0, 0.05) is 18.0 Å². The third-order valence-electron chi connectivity index (χ3n) is 2.50. The predicted octanol–water partition coefficient (Wildman–Crippen LogP) is 1.99. The number of carbonyl (C=O) groups is 1. The monoisotopic (exact) mass is 288 g/mol. The van der Waals surface area contributed by atoms with E-state index >= 15 is 0 Å². The van der Waals surface area contributed by atoms with E-state index in [-0.39, 0.29) is 5.91 Å². The van der Waals surface area contributed by atoms with Crippen molar-refractivity contribution in [3.05, 3.63) is 20.8 Å². The molecule has 1 aliphatic heterocycles. The Bertz CT molecular complexity index is 347. The van der Waals surface area contributed by atoms with Gasteiger partial charge in [-0.05, 0) is 41.4 Å². The van der Waals surface area contributed by atoms with E-state index in [1.807, 2.05) is 11.4 Å². The van der Waals surface area contributed by atoms with Crippen molar-refractivity contribution in [1.29, 1.82) is 0 Å². The molecule has 2 heterocycles. The highest BCUT2D eigenvalue weighted by molar-refractivity contribution is 9.11. The van der Waals surface area contributed by atoms with Gasteiger partial charge in [-0.1, -0.05) is 0 Å². The molecule has 0 aliphatic carbocycles. The summed E-state index contributed by atoms with van der Waals surface area (Å²) in [5.41, 5.74) is 0.741. The number of amides is 1. The highest BCUT2D eigenvalue weighted by Gasteiger charge is 2.15. The fraction of sp³-hybridized carbons (Fsp3) is 0.500. The van der Waals surface area contributed by atoms with Crippen molar-refractivity contribution >= 4 is 33.2 Å². The molecule has 1 unspecified atom stereocenters. The number of thiophene rings is 1. The largest absolute Gasteiger partial charge is 0.350 e. The second-order valence-electron chi connectivity index (χ2n) is 3.64. The van der Waals surface area contributed by atoms with Crippen LogP contribution in [0, 0.1) is 0 Å². The summed E-state index contributed by atoms with van der Waals surface area (Å²) >= 11 is 4.88. The normalized spacial score (nSPS) is 20.5. The Morgan fingerprint density at radius 3 is 3.20 bits per heavy atom. The maximum atomic E-state index is 11.7. The lowest BCUT2D eigenvalue weighted by Gasteiger charge is -2.10. The summed E-state index contributed by atoms with van der Waals surface area (Å²) in [6.45, 7) is 1.80. The quantitative estimate of drug-likeness (QED) is 0.893. The standard InChI is InChI=1S/C10H13BrN2OS/c11-9-4-7(6-15-9)10(14)13-5-8-2-1-3-12-8/h4,6,8,12H,1-3,5H2,(H,13,14). The van der Waals surface area contributed by atoms with E-state index < -0.39 is 0 Å². The lowest BCUT2D eigenvalue weighted by molar-refractivity contribution is 0.0951. The molecule has 0 aromatic carbocycles. The molecule has 2 N–H and O–H groups in total. The molecule has 1 fully saturated rings. The van der Waals surface area contributed by atoms with Gasteiger partial charge < -0.3 is 10.6 Å². The average Bonchev–Trinajstić information content (AvgIpc) is 2.84. The van der Waals surface area contributed by atoms with Crippen molar-refractivity contribution in [2.24, 2.45) is 0 Å². The lowest BCUT2D eigenvalue weighted by Crippen LogP contribution is -2.36. The van der Waals surface area contributed by atoms with Crippen LogP contribution in [-0.4, -0.2) is 25.0 Å². The Hall–Kier alpha value is -0.390. The number of hydrogen-bond acceptors (Lipinski definition) is 3. The van der Waals surface area contributed by atoms with E-state index in [2.05, 4.69) is 26.6 Å². The first-order valence-electron chi connectivity index (χ1n) is 5.01. The van der Waals surface area contributed by atoms with Gasteiger partial charge in [0.25, 0.3) is 5.91 Å². The number of rotatable bonds is 3. The van der Waals surface area contributed by atoms with E-state index in [4.69, 9.17) is 0 Å². The van der Waals surface area contributed by atoms with E-state index in [1.54, 1.807) is 0 Å². The molecule has 2 rings (SSSR count). The molecular formula is C10H13BrN2OS. The first-order valence-corrected chi connectivity index (χ1v) is 6.68. The second-order valence-corrected chi connectivity index (χ2v) is 5.93. The lowest BCUT2D eigenvalue weighted by atomic mass is 10.2. The van der Waals surface area contributed by atoms with Crippen molar-refractivity contribution in [2.45, 2.75) is 18.9 Å². The number of hydrogen-bond donors (Lipinski definition) is 2. The topological polar surface area (TPSA) is 41.1 Å². The molecule has 1 saturated heterocycles. The van der Waals surface area contributed by atoms with Crippen molar-refractivity contribution in [2.75, 3.05) is 13.1 Å². The molecule has 3 nitrogen and oxygen atoms in total. The molecule has 1 aromatic rings. The predicted molar refractivity (Wildman–Crippen MR) is 65.4 cm³/mol. The average molecular weight is 289 g/mol. The van der Waals surface area contributed by atoms with Gasteiger partial charge in [-0.15, -0.1) is 11.3 Å².